The Hall–Kier alpha value is -4.05. The van der Waals surface area contributed by atoms with Crippen LogP contribution in [0.2, 0.25) is 0 Å². The van der Waals surface area contributed by atoms with Crippen LogP contribution in [0.15, 0.2) is 57.5 Å². The lowest BCUT2D eigenvalue weighted by Crippen LogP contribution is -2.39. The molecule has 10 heteroatoms. The van der Waals surface area contributed by atoms with Crippen molar-refractivity contribution >= 4 is 23.4 Å². The van der Waals surface area contributed by atoms with E-state index >= 15 is 0 Å². The molecule has 0 saturated heterocycles. The molecule has 1 aliphatic rings. The predicted octanol–water partition coefficient (Wildman–Crippen LogP) is 2.83. The molecule has 0 aliphatic carbocycles. The van der Waals surface area contributed by atoms with Crippen LogP contribution in [0.4, 0.5) is 0 Å². The van der Waals surface area contributed by atoms with Gasteiger partial charge in [0.25, 0.3) is 5.56 Å². The van der Waals surface area contributed by atoms with Crippen molar-refractivity contribution in [3.63, 3.8) is 0 Å². The molecule has 0 N–H and O–H groups in total. The highest BCUT2D eigenvalue weighted by atomic mass is 32.1. The van der Waals surface area contributed by atoms with Crippen LogP contribution in [0.1, 0.15) is 31.0 Å². The lowest BCUT2D eigenvalue weighted by molar-refractivity contribution is -0.139. The van der Waals surface area contributed by atoms with Gasteiger partial charge in [-0.25, -0.2) is 9.79 Å². The second kappa shape index (κ2) is 10.9. The third-order valence-corrected chi connectivity index (χ3v) is 6.95. The Morgan fingerprint density at radius 1 is 1.00 bits per heavy atom. The van der Waals surface area contributed by atoms with E-state index in [-0.39, 0.29) is 12.2 Å². The molecule has 1 aromatic heterocycles. The van der Waals surface area contributed by atoms with Gasteiger partial charge in [-0.1, -0.05) is 23.5 Å². The maximum Gasteiger partial charge on any atom is 0.338 e. The van der Waals surface area contributed by atoms with Crippen LogP contribution in [0.25, 0.3) is 6.08 Å². The first kappa shape index (κ1) is 26.0. The quantitative estimate of drug-likeness (QED) is 0.418. The van der Waals surface area contributed by atoms with Gasteiger partial charge >= 0.3 is 5.97 Å². The molecule has 37 heavy (non-hydrogen) atoms. The molecule has 0 unspecified atom stereocenters. The Morgan fingerprint density at radius 2 is 1.70 bits per heavy atom. The van der Waals surface area contributed by atoms with Gasteiger partial charge in [0.2, 0.25) is 5.75 Å². The second-order valence-electron chi connectivity index (χ2n) is 8.00. The summed E-state index contributed by atoms with van der Waals surface area (Å²) in [6.45, 7) is 3.69. The van der Waals surface area contributed by atoms with Crippen molar-refractivity contribution in [2.75, 3.05) is 35.0 Å². The minimum Gasteiger partial charge on any atom is -0.497 e. The van der Waals surface area contributed by atoms with Crippen molar-refractivity contribution in [1.82, 2.24) is 4.57 Å². The fraction of sp³-hybridized carbons (Fsp3) is 0.296. The van der Waals surface area contributed by atoms with Gasteiger partial charge in [-0.2, -0.15) is 0 Å². The number of rotatable bonds is 8. The summed E-state index contributed by atoms with van der Waals surface area (Å²) in [6.07, 6.45) is 1.72. The molecular formula is C27H28N2O7S. The molecule has 0 saturated carbocycles. The fourth-order valence-electron chi connectivity index (χ4n) is 4.27. The average Bonchev–Trinajstić information content (AvgIpc) is 3.21. The molecule has 9 nitrogen and oxygen atoms in total. The normalized spacial score (nSPS) is 15.1. The van der Waals surface area contributed by atoms with Gasteiger partial charge in [0, 0.05) is 5.56 Å². The third-order valence-electron chi connectivity index (χ3n) is 5.97. The summed E-state index contributed by atoms with van der Waals surface area (Å²) < 4.78 is 29.0. The number of ether oxygens (including phenoxy) is 5. The lowest BCUT2D eigenvalue weighted by Gasteiger charge is -2.24. The topological polar surface area (TPSA) is 97.6 Å². The monoisotopic (exact) mass is 524 g/mol. The average molecular weight is 525 g/mol. The molecule has 0 bridgehead atoms. The van der Waals surface area contributed by atoms with Crippen LogP contribution >= 0.6 is 11.3 Å². The minimum absolute atomic E-state index is 0.203. The van der Waals surface area contributed by atoms with E-state index in [0.717, 1.165) is 5.56 Å². The molecule has 0 fully saturated rings. The summed E-state index contributed by atoms with van der Waals surface area (Å²) in [5.74, 6) is 1.51. The van der Waals surface area contributed by atoms with E-state index in [0.29, 0.717) is 49.2 Å². The number of fused-ring (bicyclic) bond motifs is 1. The second-order valence-corrected chi connectivity index (χ2v) is 9.01. The van der Waals surface area contributed by atoms with E-state index in [2.05, 4.69) is 4.99 Å². The SMILES string of the molecule is CCOC(=O)C1=C(C)N=c2s/c(=C/c3ccc(OC)c(OC)c3OC)c(=O)n2[C@@H]1c1ccc(OC)cc1. The summed E-state index contributed by atoms with van der Waals surface area (Å²) in [4.78, 5) is 31.9. The first-order valence-corrected chi connectivity index (χ1v) is 12.3. The standard InChI is InChI=1S/C27H28N2O7S/c1-7-36-26(31)21-15(2)28-27-29(22(21)16-8-11-18(32-3)12-9-16)25(30)20(37-27)14-17-10-13-19(33-4)24(35-6)23(17)34-5/h8-14,22H,7H2,1-6H3/b20-14+/t22-/m1/s1. The van der Waals surface area contributed by atoms with Crippen LogP contribution in [0, 0.1) is 0 Å². The Kier molecular flexibility index (Phi) is 7.68. The maximum absolute atomic E-state index is 13.8. The minimum atomic E-state index is -0.712. The van der Waals surface area contributed by atoms with Gasteiger partial charge in [-0.3, -0.25) is 9.36 Å². The molecule has 0 radical (unpaired) electrons. The number of allylic oxidation sites excluding steroid dienone is 1. The highest BCUT2D eigenvalue weighted by Gasteiger charge is 2.33. The Labute approximate surface area is 217 Å². The van der Waals surface area contributed by atoms with Crippen LogP contribution < -0.4 is 33.8 Å². The van der Waals surface area contributed by atoms with E-state index in [1.54, 1.807) is 51.3 Å². The van der Waals surface area contributed by atoms with Gasteiger partial charge in [0.05, 0.1) is 56.9 Å². The Balaban J connectivity index is 1.96. The number of hydrogen-bond donors (Lipinski definition) is 0. The van der Waals surface area contributed by atoms with Crippen LogP contribution in [0.5, 0.6) is 23.0 Å². The molecule has 4 rings (SSSR count). The first-order chi connectivity index (χ1) is 17.9. The number of methoxy groups -OCH3 is 4. The van der Waals surface area contributed by atoms with Gasteiger partial charge < -0.3 is 23.7 Å². The number of aromatic nitrogens is 1. The van der Waals surface area contributed by atoms with E-state index < -0.39 is 12.0 Å². The number of carbonyl (C=O) groups excluding carboxylic acids is 1. The molecule has 2 aromatic carbocycles. The largest absolute Gasteiger partial charge is 0.497 e. The highest BCUT2D eigenvalue weighted by Crippen LogP contribution is 2.40. The summed E-state index contributed by atoms with van der Waals surface area (Å²) >= 11 is 1.23. The summed E-state index contributed by atoms with van der Waals surface area (Å²) in [6, 6.07) is 10.1. The third kappa shape index (κ3) is 4.72. The van der Waals surface area contributed by atoms with Crippen LogP contribution in [0.3, 0.4) is 0 Å². The molecule has 0 amide bonds. The summed E-state index contributed by atoms with van der Waals surface area (Å²) in [5.41, 5.74) is 1.88. The van der Waals surface area contributed by atoms with Crippen molar-refractivity contribution in [1.29, 1.82) is 0 Å². The van der Waals surface area contributed by atoms with E-state index in [1.165, 1.54) is 37.2 Å². The zero-order chi connectivity index (χ0) is 26.7. The number of carbonyl (C=O) groups is 1. The first-order valence-electron chi connectivity index (χ1n) is 11.5. The maximum atomic E-state index is 13.8. The van der Waals surface area contributed by atoms with Crippen molar-refractivity contribution < 1.29 is 28.5 Å². The summed E-state index contributed by atoms with van der Waals surface area (Å²) in [5, 5.41) is 0. The van der Waals surface area contributed by atoms with Crippen molar-refractivity contribution in [2.24, 2.45) is 4.99 Å². The van der Waals surface area contributed by atoms with Crippen LogP contribution in [-0.4, -0.2) is 45.6 Å². The zero-order valence-electron chi connectivity index (χ0n) is 21.5. The Bertz CT molecular complexity index is 1530. The number of thiazole rings is 1. The molecule has 1 atom stereocenters. The van der Waals surface area contributed by atoms with Crippen molar-refractivity contribution in [3.8, 4) is 23.0 Å². The number of nitrogens with zero attached hydrogens (tertiary/aromatic N) is 2. The van der Waals surface area contributed by atoms with Crippen molar-refractivity contribution in [3.05, 3.63) is 78.5 Å². The molecule has 3 aromatic rings. The van der Waals surface area contributed by atoms with E-state index in [4.69, 9.17) is 23.7 Å². The Morgan fingerprint density at radius 3 is 2.30 bits per heavy atom. The molecule has 194 valence electrons. The van der Waals surface area contributed by atoms with Gasteiger partial charge in [-0.15, -0.1) is 0 Å². The zero-order valence-corrected chi connectivity index (χ0v) is 22.3. The smallest absolute Gasteiger partial charge is 0.338 e. The summed E-state index contributed by atoms with van der Waals surface area (Å²) in [7, 11) is 6.16. The van der Waals surface area contributed by atoms with E-state index in [1.807, 2.05) is 12.1 Å². The van der Waals surface area contributed by atoms with Gasteiger partial charge in [0.1, 0.15) is 5.75 Å². The lowest BCUT2D eigenvalue weighted by atomic mass is 9.96. The van der Waals surface area contributed by atoms with Gasteiger partial charge in [-0.05, 0) is 49.8 Å². The van der Waals surface area contributed by atoms with Crippen molar-refractivity contribution in [2.45, 2.75) is 19.9 Å². The number of esters is 1. The molecule has 1 aliphatic heterocycles. The predicted molar refractivity (Wildman–Crippen MR) is 139 cm³/mol. The van der Waals surface area contributed by atoms with E-state index in [9.17, 15) is 9.59 Å². The molecule has 0 spiro atoms. The number of hydrogen-bond acceptors (Lipinski definition) is 9. The van der Waals surface area contributed by atoms with Crippen LogP contribution in [-0.2, 0) is 9.53 Å². The highest BCUT2D eigenvalue weighted by molar-refractivity contribution is 7.07. The van der Waals surface area contributed by atoms with Gasteiger partial charge in [0.15, 0.2) is 16.3 Å². The molecule has 2 heterocycles. The fourth-order valence-corrected chi connectivity index (χ4v) is 5.31. The molecular weight excluding hydrogens is 496 g/mol. The number of benzene rings is 2.